The van der Waals surface area contributed by atoms with Crippen LogP contribution in [0.2, 0.25) is 0 Å². The fourth-order valence-electron chi connectivity index (χ4n) is 2.17. The van der Waals surface area contributed by atoms with E-state index in [2.05, 4.69) is 26.1 Å². The third-order valence-corrected chi connectivity index (χ3v) is 4.31. The summed E-state index contributed by atoms with van der Waals surface area (Å²) in [6, 6.07) is 2.01. The summed E-state index contributed by atoms with van der Waals surface area (Å²) in [5.41, 5.74) is 2.37. The van der Waals surface area contributed by atoms with Gasteiger partial charge in [0.25, 0.3) is 0 Å². The van der Waals surface area contributed by atoms with Crippen molar-refractivity contribution in [2.45, 2.75) is 47.1 Å². The lowest BCUT2D eigenvalue weighted by Crippen LogP contribution is -2.14. The van der Waals surface area contributed by atoms with Crippen LogP contribution in [0, 0.1) is 12.8 Å². The molecule has 2 heterocycles. The van der Waals surface area contributed by atoms with Gasteiger partial charge in [-0.05, 0) is 38.3 Å². The van der Waals surface area contributed by atoms with Crippen LogP contribution in [0.1, 0.15) is 43.5 Å². The summed E-state index contributed by atoms with van der Waals surface area (Å²) in [6.45, 7) is 10.6. The second-order valence-electron chi connectivity index (χ2n) is 5.55. The lowest BCUT2D eigenvalue weighted by atomic mass is 10.1. The van der Waals surface area contributed by atoms with Gasteiger partial charge < -0.3 is 9.73 Å². The van der Waals surface area contributed by atoms with Crippen molar-refractivity contribution in [1.82, 2.24) is 10.3 Å². The lowest BCUT2D eigenvalue weighted by Gasteiger charge is -2.05. The normalized spacial score (nSPS) is 11.4. The molecule has 0 aliphatic heterocycles. The maximum atomic E-state index is 5.40. The number of aromatic nitrogens is 1. The van der Waals surface area contributed by atoms with Gasteiger partial charge in [0.05, 0.1) is 17.5 Å². The fourth-order valence-corrected chi connectivity index (χ4v) is 3.30. The Morgan fingerprint density at radius 3 is 2.80 bits per heavy atom. The van der Waals surface area contributed by atoms with Crippen molar-refractivity contribution in [3.8, 4) is 10.6 Å². The van der Waals surface area contributed by atoms with Crippen molar-refractivity contribution in [3.63, 3.8) is 0 Å². The number of hydrogen-bond donors (Lipinski definition) is 1. The molecule has 0 saturated carbocycles. The van der Waals surface area contributed by atoms with Gasteiger partial charge in [-0.15, -0.1) is 11.3 Å². The maximum Gasteiger partial charge on any atom is 0.127 e. The van der Waals surface area contributed by atoms with Crippen LogP contribution in [-0.4, -0.2) is 11.5 Å². The minimum atomic E-state index is 0.625. The summed E-state index contributed by atoms with van der Waals surface area (Å²) in [4.78, 5) is 6.21. The van der Waals surface area contributed by atoms with Crippen LogP contribution in [0.3, 0.4) is 0 Å². The number of nitrogens with one attached hydrogen (secondary N) is 1. The number of furan rings is 1. The largest absolute Gasteiger partial charge is 0.469 e. The Labute approximate surface area is 125 Å². The van der Waals surface area contributed by atoms with E-state index in [1.165, 1.54) is 10.6 Å². The molecule has 0 aromatic carbocycles. The molecule has 0 fully saturated rings. The van der Waals surface area contributed by atoms with Gasteiger partial charge in [0.2, 0.25) is 0 Å². The Kier molecular flexibility index (Phi) is 5.38. The van der Waals surface area contributed by atoms with Crippen LogP contribution in [-0.2, 0) is 13.0 Å². The average molecular weight is 292 g/mol. The zero-order valence-electron chi connectivity index (χ0n) is 12.8. The molecule has 0 unspecified atom stereocenters. The molecule has 2 aromatic rings. The van der Waals surface area contributed by atoms with Gasteiger partial charge in [0.15, 0.2) is 0 Å². The summed E-state index contributed by atoms with van der Waals surface area (Å²) in [6.07, 6.45) is 3.94. The topological polar surface area (TPSA) is 38.1 Å². The number of nitrogens with zero attached hydrogens (tertiary/aromatic N) is 1. The molecular weight excluding hydrogens is 268 g/mol. The third kappa shape index (κ3) is 3.70. The Bertz CT molecular complexity index is 542. The van der Waals surface area contributed by atoms with E-state index in [1.807, 2.05) is 13.0 Å². The van der Waals surface area contributed by atoms with E-state index in [4.69, 9.17) is 9.40 Å². The first-order valence-electron chi connectivity index (χ1n) is 7.35. The summed E-state index contributed by atoms with van der Waals surface area (Å²) in [5.74, 6) is 1.57. The van der Waals surface area contributed by atoms with Crippen molar-refractivity contribution in [3.05, 3.63) is 28.7 Å². The number of aryl methyl sites for hydroxylation is 1. The molecule has 1 N–H and O–H groups in total. The first-order chi connectivity index (χ1) is 9.61. The van der Waals surface area contributed by atoms with Crippen molar-refractivity contribution in [2.75, 3.05) is 6.54 Å². The van der Waals surface area contributed by atoms with E-state index < -0.39 is 0 Å². The fraction of sp³-hybridized carbons (Fsp3) is 0.562. The van der Waals surface area contributed by atoms with Crippen LogP contribution in [0.4, 0.5) is 0 Å². The molecule has 0 aliphatic carbocycles. The Hall–Kier alpha value is -1.13. The minimum Gasteiger partial charge on any atom is -0.469 e. The van der Waals surface area contributed by atoms with Crippen LogP contribution in [0.25, 0.3) is 10.6 Å². The number of hydrogen-bond acceptors (Lipinski definition) is 4. The summed E-state index contributed by atoms with van der Waals surface area (Å²) in [7, 11) is 0. The number of rotatable bonds is 7. The van der Waals surface area contributed by atoms with Gasteiger partial charge in [0, 0.05) is 11.4 Å². The van der Waals surface area contributed by atoms with Gasteiger partial charge in [-0.25, -0.2) is 4.98 Å². The predicted octanol–water partition coefficient (Wildman–Crippen LogP) is 4.41. The van der Waals surface area contributed by atoms with E-state index in [0.717, 1.165) is 42.3 Å². The summed E-state index contributed by atoms with van der Waals surface area (Å²) in [5, 5.41) is 4.57. The number of thiazole rings is 1. The van der Waals surface area contributed by atoms with E-state index in [9.17, 15) is 0 Å². The molecule has 110 valence electrons. The first kappa shape index (κ1) is 15.3. The molecule has 0 radical (unpaired) electrons. The van der Waals surface area contributed by atoms with Crippen LogP contribution in [0.5, 0.6) is 0 Å². The highest BCUT2D eigenvalue weighted by atomic mass is 32.1. The molecule has 0 saturated heterocycles. The second kappa shape index (κ2) is 7.04. The van der Waals surface area contributed by atoms with E-state index >= 15 is 0 Å². The molecule has 2 rings (SSSR count). The van der Waals surface area contributed by atoms with Crippen molar-refractivity contribution < 1.29 is 4.42 Å². The minimum absolute atomic E-state index is 0.625. The SMILES string of the molecule is CCCNCc1sc(-c2ccoc2C)nc1CC(C)C. The third-order valence-electron chi connectivity index (χ3n) is 3.18. The molecule has 0 spiro atoms. The van der Waals surface area contributed by atoms with E-state index in [-0.39, 0.29) is 0 Å². The second-order valence-corrected chi connectivity index (χ2v) is 6.64. The highest BCUT2D eigenvalue weighted by molar-refractivity contribution is 7.15. The monoisotopic (exact) mass is 292 g/mol. The Morgan fingerprint density at radius 1 is 1.40 bits per heavy atom. The average Bonchev–Trinajstić information content (AvgIpc) is 2.96. The molecular formula is C16H24N2OS. The standard InChI is InChI=1S/C16H24N2OS/c1-5-7-17-10-15-14(9-11(2)3)18-16(20-15)13-6-8-19-12(13)4/h6,8,11,17H,5,7,9-10H2,1-4H3. The predicted molar refractivity (Wildman–Crippen MR) is 85.1 cm³/mol. The van der Waals surface area contributed by atoms with Crippen LogP contribution < -0.4 is 5.32 Å². The van der Waals surface area contributed by atoms with E-state index in [0.29, 0.717) is 5.92 Å². The van der Waals surface area contributed by atoms with E-state index in [1.54, 1.807) is 17.6 Å². The smallest absolute Gasteiger partial charge is 0.127 e. The van der Waals surface area contributed by atoms with Crippen LogP contribution in [0.15, 0.2) is 16.7 Å². The van der Waals surface area contributed by atoms with Crippen LogP contribution >= 0.6 is 11.3 Å². The molecule has 0 atom stereocenters. The summed E-state index contributed by atoms with van der Waals surface area (Å²) < 4.78 is 5.40. The molecule has 4 heteroatoms. The van der Waals surface area contributed by atoms with Gasteiger partial charge >= 0.3 is 0 Å². The highest BCUT2D eigenvalue weighted by Gasteiger charge is 2.15. The molecule has 0 bridgehead atoms. The lowest BCUT2D eigenvalue weighted by molar-refractivity contribution is 0.535. The van der Waals surface area contributed by atoms with Crippen molar-refractivity contribution in [2.24, 2.45) is 5.92 Å². The summed E-state index contributed by atoms with van der Waals surface area (Å²) >= 11 is 1.79. The highest BCUT2D eigenvalue weighted by Crippen LogP contribution is 2.32. The van der Waals surface area contributed by atoms with Gasteiger partial charge in [-0.3, -0.25) is 0 Å². The quantitative estimate of drug-likeness (QED) is 0.768. The first-order valence-corrected chi connectivity index (χ1v) is 8.17. The maximum absolute atomic E-state index is 5.40. The van der Waals surface area contributed by atoms with Crippen molar-refractivity contribution in [1.29, 1.82) is 0 Å². The van der Waals surface area contributed by atoms with Gasteiger partial charge in [-0.2, -0.15) is 0 Å². The van der Waals surface area contributed by atoms with Gasteiger partial charge in [-0.1, -0.05) is 20.8 Å². The molecule has 3 nitrogen and oxygen atoms in total. The zero-order chi connectivity index (χ0) is 14.5. The van der Waals surface area contributed by atoms with Gasteiger partial charge in [0.1, 0.15) is 10.8 Å². The zero-order valence-corrected chi connectivity index (χ0v) is 13.6. The molecule has 0 amide bonds. The molecule has 2 aromatic heterocycles. The van der Waals surface area contributed by atoms with Crippen molar-refractivity contribution >= 4 is 11.3 Å². The molecule has 20 heavy (non-hydrogen) atoms. The Morgan fingerprint density at radius 2 is 2.20 bits per heavy atom. The Balaban J connectivity index is 2.24. The molecule has 0 aliphatic rings.